The van der Waals surface area contributed by atoms with Crippen LogP contribution in [-0.4, -0.2) is 38.2 Å². The van der Waals surface area contributed by atoms with Gasteiger partial charge in [-0.2, -0.15) is 5.10 Å². The van der Waals surface area contributed by atoms with Gasteiger partial charge in [0.2, 0.25) is 0 Å². The number of carbonyl (C=O) groups is 2. The fourth-order valence-electron chi connectivity index (χ4n) is 1.90. The summed E-state index contributed by atoms with van der Waals surface area (Å²) in [5.41, 5.74) is 1.51. The van der Waals surface area contributed by atoms with Gasteiger partial charge in [-0.3, -0.25) is 24.5 Å². The highest BCUT2D eigenvalue weighted by Crippen LogP contribution is 2.14. The summed E-state index contributed by atoms with van der Waals surface area (Å²) in [6.45, 7) is 5.66. The first-order valence-electron chi connectivity index (χ1n) is 5.94. The molecule has 0 bridgehead atoms. The molecule has 1 aliphatic heterocycles. The van der Waals surface area contributed by atoms with Crippen LogP contribution >= 0.6 is 12.2 Å². The lowest BCUT2D eigenvalue weighted by Crippen LogP contribution is -2.53. The van der Waals surface area contributed by atoms with Crippen molar-refractivity contribution in [3.8, 4) is 0 Å². The second kappa shape index (κ2) is 5.38. The number of carbonyl (C=O) groups excluding carboxylic acids is 2. The van der Waals surface area contributed by atoms with Crippen LogP contribution < -0.4 is 5.32 Å². The van der Waals surface area contributed by atoms with E-state index in [1.54, 1.807) is 23.9 Å². The molecule has 0 saturated carbocycles. The molecule has 1 fully saturated rings. The third kappa shape index (κ3) is 2.53. The van der Waals surface area contributed by atoms with Crippen molar-refractivity contribution in [3.05, 3.63) is 35.7 Å². The number of aryl methyl sites for hydroxylation is 2. The van der Waals surface area contributed by atoms with E-state index in [-0.39, 0.29) is 17.2 Å². The van der Waals surface area contributed by atoms with Gasteiger partial charge in [-0.15, -0.1) is 6.58 Å². The number of hydrogen-bond donors (Lipinski definition) is 1. The van der Waals surface area contributed by atoms with E-state index in [9.17, 15) is 9.59 Å². The predicted molar refractivity (Wildman–Crippen MR) is 78.6 cm³/mol. The summed E-state index contributed by atoms with van der Waals surface area (Å²) in [6, 6.07) is 1.79. The molecule has 0 spiro atoms. The second-order valence-corrected chi connectivity index (χ2v) is 4.74. The lowest BCUT2D eigenvalue weighted by atomic mass is 10.1. The first kappa shape index (κ1) is 14.1. The van der Waals surface area contributed by atoms with Crippen molar-refractivity contribution in [1.29, 1.82) is 0 Å². The summed E-state index contributed by atoms with van der Waals surface area (Å²) < 4.78 is 1.60. The molecule has 1 aromatic heterocycles. The average Bonchev–Trinajstić information content (AvgIpc) is 2.68. The molecular formula is C13H14N4O2S. The van der Waals surface area contributed by atoms with Crippen molar-refractivity contribution in [2.24, 2.45) is 7.05 Å². The van der Waals surface area contributed by atoms with Gasteiger partial charge >= 0.3 is 0 Å². The van der Waals surface area contributed by atoms with Crippen LogP contribution in [0.2, 0.25) is 0 Å². The maximum atomic E-state index is 12.3. The average molecular weight is 290 g/mol. The number of hydrogen-bond acceptors (Lipinski definition) is 4. The van der Waals surface area contributed by atoms with Gasteiger partial charge < -0.3 is 0 Å². The van der Waals surface area contributed by atoms with Crippen molar-refractivity contribution in [3.63, 3.8) is 0 Å². The van der Waals surface area contributed by atoms with Crippen LogP contribution in [0, 0.1) is 6.92 Å². The zero-order chi connectivity index (χ0) is 14.9. The van der Waals surface area contributed by atoms with Crippen molar-refractivity contribution >= 4 is 35.2 Å². The van der Waals surface area contributed by atoms with Gasteiger partial charge in [0.05, 0.1) is 11.4 Å². The molecule has 2 amide bonds. The van der Waals surface area contributed by atoms with Crippen molar-refractivity contribution in [1.82, 2.24) is 20.0 Å². The quantitative estimate of drug-likeness (QED) is 0.382. The summed E-state index contributed by atoms with van der Waals surface area (Å²) in [5.74, 6) is -0.934. The normalized spacial score (nSPS) is 17.6. The Hall–Kier alpha value is -2.28. The van der Waals surface area contributed by atoms with Gasteiger partial charge in [0.1, 0.15) is 5.57 Å². The second-order valence-electron chi connectivity index (χ2n) is 4.36. The standard InChI is InChI=1S/C13H14N4O2S/c1-4-5-17-12(19)10(11(18)14-13(17)20)7-9-6-8(2)15-16(9)3/h4,6-7H,1,5H2,2-3H3,(H,14,18,20)/b10-7-. The van der Waals surface area contributed by atoms with E-state index in [0.29, 0.717) is 5.69 Å². The number of rotatable bonds is 3. The Kier molecular flexibility index (Phi) is 3.80. The number of aromatic nitrogens is 2. The topological polar surface area (TPSA) is 67.2 Å². The molecule has 20 heavy (non-hydrogen) atoms. The van der Waals surface area contributed by atoms with Crippen LogP contribution in [0.3, 0.4) is 0 Å². The minimum Gasteiger partial charge on any atom is -0.298 e. The third-order valence-electron chi connectivity index (χ3n) is 2.83. The summed E-state index contributed by atoms with van der Waals surface area (Å²) in [5, 5.41) is 6.76. The minimum atomic E-state index is -0.501. The fraction of sp³-hybridized carbons (Fsp3) is 0.231. The Morgan fingerprint density at radius 1 is 1.50 bits per heavy atom. The Labute approximate surface area is 121 Å². The first-order valence-corrected chi connectivity index (χ1v) is 6.35. The molecule has 1 saturated heterocycles. The van der Waals surface area contributed by atoms with Gasteiger partial charge in [-0.05, 0) is 31.3 Å². The van der Waals surface area contributed by atoms with Gasteiger partial charge in [0.15, 0.2) is 5.11 Å². The lowest BCUT2D eigenvalue weighted by molar-refractivity contribution is -0.128. The lowest BCUT2D eigenvalue weighted by Gasteiger charge is -2.27. The molecule has 1 aliphatic rings. The van der Waals surface area contributed by atoms with Gasteiger partial charge in [0.25, 0.3) is 11.8 Å². The highest BCUT2D eigenvalue weighted by atomic mass is 32.1. The van der Waals surface area contributed by atoms with Gasteiger partial charge in [0, 0.05) is 13.6 Å². The summed E-state index contributed by atoms with van der Waals surface area (Å²) >= 11 is 4.97. The number of nitrogens with zero attached hydrogens (tertiary/aromatic N) is 3. The summed E-state index contributed by atoms with van der Waals surface area (Å²) in [6.07, 6.45) is 3.06. The number of nitrogens with one attached hydrogen (secondary N) is 1. The van der Waals surface area contributed by atoms with E-state index >= 15 is 0 Å². The molecule has 0 radical (unpaired) electrons. The van der Waals surface area contributed by atoms with Crippen molar-refractivity contribution in [2.75, 3.05) is 6.54 Å². The molecule has 0 aromatic carbocycles. The molecule has 7 heteroatoms. The van der Waals surface area contributed by atoms with E-state index in [2.05, 4.69) is 17.0 Å². The molecular weight excluding hydrogens is 276 g/mol. The number of amides is 2. The van der Waals surface area contributed by atoms with Crippen molar-refractivity contribution < 1.29 is 9.59 Å². The Balaban J connectivity index is 2.41. The van der Waals surface area contributed by atoms with Gasteiger partial charge in [-0.25, -0.2) is 0 Å². The van der Waals surface area contributed by atoms with E-state index in [1.165, 1.54) is 11.0 Å². The molecule has 0 unspecified atom stereocenters. The Morgan fingerprint density at radius 3 is 2.75 bits per heavy atom. The molecule has 104 valence electrons. The largest absolute Gasteiger partial charge is 0.298 e. The predicted octanol–water partition coefficient (Wildman–Crippen LogP) is 0.541. The Morgan fingerprint density at radius 2 is 2.20 bits per heavy atom. The molecule has 0 atom stereocenters. The zero-order valence-corrected chi connectivity index (χ0v) is 12.0. The Bertz CT molecular complexity index is 645. The SMILES string of the molecule is C=CCN1C(=O)/C(=C\c2cc(C)nn2C)C(=O)NC1=S. The third-order valence-corrected chi connectivity index (χ3v) is 3.15. The minimum absolute atomic E-state index is 0.0310. The molecule has 1 aromatic rings. The zero-order valence-electron chi connectivity index (χ0n) is 11.2. The van der Waals surface area contributed by atoms with Crippen LogP contribution in [0.25, 0.3) is 6.08 Å². The van der Waals surface area contributed by atoms with E-state index < -0.39 is 11.8 Å². The molecule has 1 N–H and O–H groups in total. The monoisotopic (exact) mass is 290 g/mol. The molecule has 2 heterocycles. The van der Waals surface area contributed by atoms with Crippen molar-refractivity contribution in [2.45, 2.75) is 6.92 Å². The van der Waals surface area contributed by atoms with Crippen LogP contribution in [0.15, 0.2) is 24.3 Å². The van der Waals surface area contributed by atoms with Gasteiger partial charge in [-0.1, -0.05) is 6.08 Å². The van der Waals surface area contributed by atoms with Crippen LogP contribution in [-0.2, 0) is 16.6 Å². The maximum absolute atomic E-state index is 12.3. The highest BCUT2D eigenvalue weighted by Gasteiger charge is 2.32. The number of thiocarbonyl (C=S) groups is 1. The summed E-state index contributed by atoms with van der Waals surface area (Å²) in [4.78, 5) is 25.5. The molecule has 0 aliphatic carbocycles. The van der Waals surface area contributed by atoms with Crippen LogP contribution in [0.1, 0.15) is 11.4 Å². The van der Waals surface area contributed by atoms with Crippen LogP contribution in [0.5, 0.6) is 0 Å². The smallest absolute Gasteiger partial charge is 0.266 e. The molecule has 6 nitrogen and oxygen atoms in total. The highest BCUT2D eigenvalue weighted by molar-refractivity contribution is 7.80. The van der Waals surface area contributed by atoms with Crippen LogP contribution in [0.4, 0.5) is 0 Å². The summed E-state index contributed by atoms with van der Waals surface area (Å²) in [7, 11) is 1.75. The van der Waals surface area contributed by atoms with E-state index in [0.717, 1.165) is 5.69 Å². The fourth-order valence-corrected chi connectivity index (χ4v) is 2.15. The van der Waals surface area contributed by atoms with E-state index in [4.69, 9.17) is 12.2 Å². The maximum Gasteiger partial charge on any atom is 0.266 e. The molecule has 2 rings (SSSR count). The van der Waals surface area contributed by atoms with E-state index in [1.807, 2.05) is 6.92 Å². The first-order chi connectivity index (χ1) is 9.43.